The van der Waals surface area contributed by atoms with Crippen LogP contribution in [-0.4, -0.2) is 76.0 Å². The van der Waals surface area contributed by atoms with E-state index in [1.807, 2.05) is 51.1 Å². The standard InChI is InChI=1S/C28H36FN5O3/c1-4-20(3)26-27(36)31(16-15-21-11-13-23(29)14-12-21)18-24-33(26)25(35)19-32(5-2)34(24)28(37)30-17-22-9-7-6-8-10-22/h6-14,20,24,26H,4-5,15-19H2,1-3H3,(H,30,37)/t20?,24-,26-/m0/s1. The van der Waals surface area contributed by atoms with E-state index in [9.17, 15) is 18.8 Å². The van der Waals surface area contributed by atoms with Crippen LogP contribution in [-0.2, 0) is 22.6 Å². The van der Waals surface area contributed by atoms with Gasteiger partial charge in [-0.25, -0.2) is 19.2 Å². The number of nitrogens with zero attached hydrogens (tertiary/aromatic N) is 4. The molecule has 0 bridgehead atoms. The minimum Gasteiger partial charge on any atom is -0.337 e. The van der Waals surface area contributed by atoms with E-state index >= 15 is 0 Å². The molecule has 1 N–H and O–H groups in total. The molecule has 1 unspecified atom stereocenters. The molecule has 2 saturated heterocycles. The maximum absolute atomic E-state index is 13.7. The lowest BCUT2D eigenvalue weighted by Gasteiger charge is -2.56. The lowest BCUT2D eigenvalue weighted by atomic mass is 9.92. The van der Waals surface area contributed by atoms with Gasteiger partial charge in [-0.2, -0.15) is 0 Å². The normalized spacial score (nSPS) is 21.1. The predicted molar refractivity (Wildman–Crippen MR) is 138 cm³/mol. The number of carbonyl (C=O) groups excluding carboxylic acids is 3. The van der Waals surface area contributed by atoms with Gasteiger partial charge in [-0.1, -0.05) is 69.7 Å². The molecule has 8 nitrogen and oxygen atoms in total. The number of urea groups is 1. The number of halogens is 1. The number of nitrogens with one attached hydrogen (secondary N) is 1. The summed E-state index contributed by atoms with van der Waals surface area (Å²) in [4.78, 5) is 44.0. The lowest BCUT2D eigenvalue weighted by molar-refractivity contribution is -0.193. The number of amides is 4. The SMILES string of the molecule is CCC(C)[C@H]1C(=O)N(CCc2ccc(F)cc2)C[C@H]2N1C(=O)CN(CC)N2C(=O)NCc1ccccc1. The average molecular weight is 510 g/mol. The van der Waals surface area contributed by atoms with Crippen LogP contribution < -0.4 is 5.32 Å². The molecule has 0 spiro atoms. The minimum atomic E-state index is -0.645. The van der Waals surface area contributed by atoms with Crippen molar-refractivity contribution < 1.29 is 18.8 Å². The summed E-state index contributed by atoms with van der Waals surface area (Å²) < 4.78 is 13.4. The van der Waals surface area contributed by atoms with E-state index in [2.05, 4.69) is 5.32 Å². The number of hydrogen-bond acceptors (Lipinski definition) is 4. The molecule has 0 aromatic heterocycles. The van der Waals surface area contributed by atoms with E-state index in [4.69, 9.17) is 0 Å². The van der Waals surface area contributed by atoms with E-state index in [1.165, 1.54) is 12.1 Å². The fourth-order valence-corrected chi connectivity index (χ4v) is 5.13. The summed E-state index contributed by atoms with van der Waals surface area (Å²) in [5.74, 6) is -0.621. The van der Waals surface area contributed by atoms with Crippen molar-refractivity contribution in [2.75, 3.05) is 26.2 Å². The van der Waals surface area contributed by atoms with Crippen LogP contribution in [0.5, 0.6) is 0 Å². The van der Waals surface area contributed by atoms with E-state index in [-0.39, 0.29) is 42.7 Å². The van der Waals surface area contributed by atoms with Gasteiger partial charge in [-0.15, -0.1) is 0 Å². The topological polar surface area (TPSA) is 76.2 Å². The van der Waals surface area contributed by atoms with Crippen LogP contribution in [0, 0.1) is 11.7 Å². The number of fused-ring (bicyclic) bond motifs is 1. The van der Waals surface area contributed by atoms with E-state index in [0.717, 1.165) is 17.5 Å². The van der Waals surface area contributed by atoms with E-state index in [1.54, 1.807) is 32.0 Å². The van der Waals surface area contributed by atoms with Crippen molar-refractivity contribution in [3.8, 4) is 0 Å². The summed E-state index contributed by atoms with van der Waals surface area (Å²) in [5.41, 5.74) is 1.89. The second-order valence-electron chi connectivity index (χ2n) is 9.74. The first-order valence-electron chi connectivity index (χ1n) is 13.0. The monoisotopic (exact) mass is 509 g/mol. The van der Waals surface area contributed by atoms with Crippen molar-refractivity contribution in [3.05, 3.63) is 71.5 Å². The maximum atomic E-state index is 13.7. The Labute approximate surface area is 218 Å². The Balaban J connectivity index is 1.60. The molecule has 0 aliphatic carbocycles. The molecule has 2 fully saturated rings. The smallest absolute Gasteiger partial charge is 0.334 e. The van der Waals surface area contributed by atoms with Crippen molar-refractivity contribution in [1.82, 2.24) is 25.1 Å². The van der Waals surface area contributed by atoms with Gasteiger partial charge >= 0.3 is 6.03 Å². The zero-order valence-corrected chi connectivity index (χ0v) is 21.8. The molecule has 2 aliphatic rings. The van der Waals surface area contributed by atoms with Crippen LogP contribution in [0.2, 0.25) is 0 Å². The van der Waals surface area contributed by atoms with Gasteiger partial charge in [0, 0.05) is 19.6 Å². The van der Waals surface area contributed by atoms with Gasteiger partial charge in [0.2, 0.25) is 11.8 Å². The molecule has 4 rings (SSSR count). The Morgan fingerprint density at radius 1 is 1.05 bits per heavy atom. The van der Waals surface area contributed by atoms with Crippen LogP contribution in [0.15, 0.2) is 54.6 Å². The van der Waals surface area contributed by atoms with Gasteiger partial charge < -0.3 is 15.1 Å². The first-order valence-corrected chi connectivity index (χ1v) is 13.0. The number of likely N-dealkylation sites (N-methyl/N-ethyl adjacent to an activating group) is 1. The molecule has 0 radical (unpaired) electrons. The summed E-state index contributed by atoms with van der Waals surface area (Å²) >= 11 is 0. The molecule has 4 amide bonds. The highest BCUT2D eigenvalue weighted by molar-refractivity contribution is 5.91. The zero-order chi connectivity index (χ0) is 26.5. The first kappa shape index (κ1) is 26.6. The lowest BCUT2D eigenvalue weighted by Crippen LogP contribution is -2.77. The Morgan fingerprint density at radius 3 is 2.41 bits per heavy atom. The number of piperazine rings is 1. The third-order valence-corrected chi connectivity index (χ3v) is 7.39. The van der Waals surface area contributed by atoms with Crippen LogP contribution in [0.3, 0.4) is 0 Å². The van der Waals surface area contributed by atoms with Gasteiger partial charge in [0.25, 0.3) is 0 Å². The van der Waals surface area contributed by atoms with Gasteiger partial charge in [0.15, 0.2) is 0 Å². The highest BCUT2D eigenvalue weighted by Gasteiger charge is 2.52. The number of hydrazine groups is 1. The van der Waals surface area contributed by atoms with Crippen LogP contribution in [0.1, 0.15) is 38.3 Å². The molecular formula is C28H36FN5O3. The van der Waals surface area contributed by atoms with Gasteiger partial charge in [0.1, 0.15) is 18.0 Å². The average Bonchev–Trinajstić information content (AvgIpc) is 2.91. The summed E-state index contributed by atoms with van der Waals surface area (Å²) in [7, 11) is 0. The Bertz CT molecular complexity index is 1100. The van der Waals surface area contributed by atoms with Crippen molar-refractivity contribution >= 4 is 17.8 Å². The van der Waals surface area contributed by atoms with Gasteiger partial charge in [-0.05, 0) is 35.6 Å². The molecule has 0 saturated carbocycles. The highest BCUT2D eigenvalue weighted by atomic mass is 19.1. The predicted octanol–water partition coefficient (Wildman–Crippen LogP) is 3.24. The van der Waals surface area contributed by atoms with Crippen LogP contribution >= 0.6 is 0 Å². The molecule has 37 heavy (non-hydrogen) atoms. The Hall–Kier alpha value is -3.46. The second kappa shape index (κ2) is 11.7. The minimum absolute atomic E-state index is 0.0432. The first-order chi connectivity index (χ1) is 17.8. The van der Waals surface area contributed by atoms with Gasteiger partial charge in [0.05, 0.1) is 13.1 Å². The number of hydrogen-bond donors (Lipinski definition) is 1. The molecule has 2 heterocycles. The summed E-state index contributed by atoms with van der Waals surface area (Å²) in [6.07, 6.45) is 0.662. The van der Waals surface area contributed by atoms with E-state index < -0.39 is 12.2 Å². The number of rotatable bonds is 8. The van der Waals surface area contributed by atoms with E-state index in [0.29, 0.717) is 26.1 Å². The van der Waals surface area contributed by atoms with Crippen LogP contribution in [0.25, 0.3) is 0 Å². The van der Waals surface area contributed by atoms with Crippen molar-refractivity contribution in [1.29, 1.82) is 0 Å². The Morgan fingerprint density at radius 2 is 1.76 bits per heavy atom. The van der Waals surface area contributed by atoms with Crippen molar-refractivity contribution in [3.63, 3.8) is 0 Å². The highest BCUT2D eigenvalue weighted by Crippen LogP contribution is 2.31. The molecule has 198 valence electrons. The third kappa shape index (κ3) is 5.77. The molecule has 2 aromatic rings. The zero-order valence-electron chi connectivity index (χ0n) is 21.8. The van der Waals surface area contributed by atoms with Crippen molar-refractivity contribution in [2.24, 2.45) is 5.92 Å². The quantitative estimate of drug-likeness (QED) is 0.593. The fraction of sp³-hybridized carbons (Fsp3) is 0.464. The summed E-state index contributed by atoms with van der Waals surface area (Å²) in [5, 5.41) is 6.37. The van der Waals surface area contributed by atoms with Crippen molar-refractivity contribution in [2.45, 2.75) is 52.4 Å². The molecule has 3 atom stereocenters. The van der Waals surface area contributed by atoms with Crippen LogP contribution in [0.4, 0.5) is 9.18 Å². The molecule has 9 heteroatoms. The fourth-order valence-electron chi connectivity index (χ4n) is 5.13. The van der Waals surface area contributed by atoms with Gasteiger partial charge in [-0.3, -0.25) is 9.59 Å². The molecule has 2 aliphatic heterocycles. The number of benzene rings is 2. The Kier molecular flexibility index (Phi) is 8.43. The maximum Gasteiger partial charge on any atom is 0.334 e. The second-order valence-corrected chi connectivity index (χ2v) is 9.74. The summed E-state index contributed by atoms with van der Waals surface area (Å²) in [6, 6.07) is 15.0. The molecular weight excluding hydrogens is 473 g/mol. The largest absolute Gasteiger partial charge is 0.337 e. The third-order valence-electron chi connectivity index (χ3n) is 7.39. The summed E-state index contributed by atoms with van der Waals surface area (Å²) in [6.45, 7) is 7.40. The number of carbonyl (C=O) groups is 3. The molecule has 2 aromatic carbocycles.